The maximum atomic E-state index is 12.5. The standard InChI is InChI=1S/C22H32N6O5/c1-3-4-11-28-19(23)18(20(30)26-22(28)32)27(13-14-33-2)12-10-17(29)25-21(31)24-15-16-8-6-5-7-9-16/h5-9H,3-4,10-15,23H2,1-2H3,(H,26,30,32)(H2,24,25,29,31). The lowest BCUT2D eigenvalue weighted by atomic mass is 10.2. The number of nitrogens with two attached hydrogens (primary N) is 1. The predicted molar refractivity (Wildman–Crippen MR) is 126 cm³/mol. The van der Waals surface area contributed by atoms with E-state index in [1.54, 1.807) is 4.90 Å². The number of carbonyl (C=O) groups excluding carboxylic acids is 2. The molecule has 1 heterocycles. The van der Waals surface area contributed by atoms with Gasteiger partial charge < -0.3 is 20.7 Å². The predicted octanol–water partition coefficient (Wildman–Crippen LogP) is 0.788. The van der Waals surface area contributed by atoms with Gasteiger partial charge in [0.2, 0.25) is 5.91 Å². The lowest BCUT2D eigenvalue weighted by Gasteiger charge is -2.25. The first-order valence-corrected chi connectivity index (χ1v) is 10.9. The molecule has 3 amide bonds. The van der Waals surface area contributed by atoms with Crippen LogP contribution in [0.5, 0.6) is 0 Å². The number of ether oxygens (including phenoxy) is 1. The zero-order chi connectivity index (χ0) is 24.2. The van der Waals surface area contributed by atoms with Gasteiger partial charge in [0.25, 0.3) is 5.56 Å². The van der Waals surface area contributed by atoms with E-state index in [-0.39, 0.29) is 44.2 Å². The molecule has 0 spiro atoms. The van der Waals surface area contributed by atoms with Crippen LogP contribution < -0.4 is 32.5 Å². The molecule has 2 aromatic rings. The van der Waals surface area contributed by atoms with E-state index >= 15 is 0 Å². The van der Waals surface area contributed by atoms with Crippen molar-refractivity contribution in [1.29, 1.82) is 0 Å². The number of nitrogens with zero attached hydrogens (tertiary/aromatic N) is 2. The van der Waals surface area contributed by atoms with Crippen molar-refractivity contribution in [3.63, 3.8) is 0 Å². The van der Waals surface area contributed by atoms with Gasteiger partial charge in [0, 0.05) is 39.7 Å². The zero-order valence-corrected chi connectivity index (χ0v) is 19.1. The van der Waals surface area contributed by atoms with Crippen LogP contribution in [-0.4, -0.2) is 48.3 Å². The monoisotopic (exact) mass is 460 g/mol. The molecule has 11 nitrogen and oxygen atoms in total. The topological polar surface area (TPSA) is 152 Å². The fraction of sp³-hybridized carbons (Fsp3) is 0.455. The van der Waals surface area contributed by atoms with Crippen molar-refractivity contribution in [1.82, 2.24) is 20.2 Å². The van der Waals surface area contributed by atoms with Crippen molar-refractivity contribution in [2.75, 3.05) is 37.4 Å². The molecular weight excluding hydrogens is 428 g/mol. The van der Waals surface area contributed by atoms with Gasteiger partial charge in [-0.1, -0.05) is 43.7 Å². The Hall–Kier alpha value is -3.60. The summed E-state index contributed by atoms with van der Waals surface area (Å²) < 4.78 is 6.43. The summed E-state index contributed by atoms with van der Waals surface area (Å²) in [7, 11) is 1.51. The number of aromatic nitrogens is 2. The molecule has 11 heteroatoms. The molecule has 0 bridgehead atoms. The third-order valence-electron chi connectivity index (χ3n) is 4.99. The van der Waals surface area contributed by atoms with Crippen LogP contribution in [0, 0.1) is 0 Å². The summed E-state index contributed by atoms with van der Waals surface area (Å²) in [6.07, 6.45) is 1.49. The molecule has 0 aliphatic heterocycles. The molecule has 0 radical (unpaired) electrons. The van der Waals surface area contributed by atoms with Gasteiger partial charge in [-0.05, 0) is 12.0 Å². The zero-order valence-electron chi connectivity index (χ0n) is 19.1. The van der Waals surface area contributed by atoms with E-state index < -0.39 is 23.2 Å². The van der Waals surface area contributed by atoms with E-state index in [1.807, 2.05) is 37.3 Å². The Balaban J connectivity index is 2.05. The molecule has 1 aromatic carbocycles. The van der Waals surface area contributed by atoms with Crippen LogP contribution in [-0.2, 0) is 22.6 Å². The van der Waals surface area contributed by atoms with Crippen molar-refractivity contribution in [2.45, 2.75) is 39.3 Å². The van der Waals surface area contributed by atoms with Crippen LogP contribution in [0.4, 0.5) is 16.3 Å². The number of carbonyl (C=O) groups is 2. The summed E-state index contributed by atoms with van der Waals surface area (Å²) in [4.78, 5) is 52.9. The van der Waals surface area contributed by atoms with Gasteiger partial charge in [0.15, 0.2) is 0 Å². The number of nitrogen functional groups attached to an aromatic ring is 1. The fourth-order valence-corrected chi connectivity index (χ4v) is 3.21. The number of rotatable bonds is 12. The molecule has 0 atom stereocenters. The minimum atomic E-state index is -0.637. The Labute approximate surface area is 191 Å². The number of benzene rings is 1. The maximum Gasteiger partial charge on any atom is 0.330 e. The second kappa shape index (κ2) is 13.1. The summed E-state index contributed by atoms with van der Waals surface area (Å²) in [5.74, 6) is -0.480. The first-order valence-electron chi connectivity index (χ1n) is 10.9. The number of unbranched alkanes of at least 4 members (excludes halogenated alkanes) is 1. The van der Waals surface area contributed by atoms with E-state index in [2.05, 4.69) is 15.6 Å². The first-order chi connectivity index (χ1) is 15.9. The van der Waals surface area contributed by atoms with E-state index in [9.17, 15) is 19.2 Å². The lowest BCUT2D eigenvalue weighted by molar-refractivity contribution is -0.119. The Morgan fingerprint density at radius 3 is 2.58 bits per heavy atom. The normalized spacial score (nSPS) is 10.6. The van der Waals surface area contributed by atoms with Gasteiger partial charge in [-0.3, -0.25) is 24.5 Å². The van der Waals surface area contributed by atoms with E-state index in [4.69, 9.17) is 10.5 Å². The summed E-state index contributed by atoms with van der Waals surface area (Å²) in [5, 5.41) is 4.89. The highest BCUT2D eigenvalue weighted by Crippen LogP contribution is 2.17. The lowest BCUT2D eigenvalue weighted by Crippen LogP contribution is -2.43. The molecule has 33 heavy (non-hydrogen) atoms. The number of aromatic amines is 1. The minimum absolute atomic E-state index is 0.0364. The Morgan fingerprint density at radius 1 is 1.18 bits per heavy atom. The summed E-state index contributed by atoms with van der Waals surface area (Å²) >= 11 is 0. The second-order valence-corrected chi connectivity index (χ2v) is 7.44. The fourth-order valence-electron chi connectivity index (χ4n) is 3.21. The number of amides is 3. The Morgan fingerprint density at radius 2 is 1.91 bits per heavy atom. The maximum absolute atomic E-state index is 12.5. The largest absolute Gasteiger partial charge is 0.383 e. The van der Waals surface area contributed by atoms with Crippen molar-refractivity contribution < 1.29 is 14.3 Å². The van der Waals surface area contributed by atoms with Crippen LogP contribution in [0.2, 0.25) is 0 Å². The number of hydrogen-bond acceptors (Lipinski definition) is 7. The summed E-state index contributed by atoms with van der Waals surface area (Å²) in [5.41, 5.74) is 5.97. The van der Waals surface area contributed by atoms with Crippen LogP contribution >= 0.6 is 0 Å². The molecule has 2 rings (SSSR count). The molecule has 1 aromatic heterocycles. The van der Waals surface area contributed by atoms with Crippen molar-refractivity contribution in [3.05, 3.63) is 56.7 Å². The van der Waals surface area contributed by atoms with E-state index in [1.165, 1.54) is 11.7 Å². The average molecular weight is 461 g/mol. The van der Waals surface area contributed by atoms with Gasteiger partial charge in [-0.2, -0.15) is 0 Å². The number of H-pyrrole nitrogens is 1. The Kier molecular flexibility index (Phi) is 10.2. The van der Waals surface area contributed by atoms with Gasteiger partial charge >= 0.3 is 11.7 Å². The molecule has 0 saturated carbocycles. The number of urea groups is 1. The first kappa shape index (κ1) is 25.7. The van der Waals surface area contributed by atoms with Gasteiger partial charge in [0.05, 0.1) is 6.61 Å². The molecule has 5 N–H and O–H groups in total. The number of hydrogen-bond donors (Lipinski definition) is 4. The summed E-state index contributed by atoms with van der Waals surface area (Å²) in [6.45, 7) is 3.26. The number of imide groups is 1. The van der Waals surface area contributed by atoms with Crippen molar-refractivity contribution >= 4 is 23.4 Å². The molecule has 0 unspecified atom stereocenters. The van der Waals surface area contributed by atoms with Crippen LogP contribution in [0.15, 0.2) is 39.9 Å². The second-order valence-electron chi connectivity index (χ2n) is 7.44. The number of nitrogens with one attached hydrogen (secondary N) is 3. The highest BCUT2D eigenvalue weighted by atomic mass is 16.5. The Bertz CT molecular complexity index is 1030. The van der Waals surface area contributed by atoms with Crippen molar-refractivity contribution in [2.24, 2.45) is 0 Å². The minimum Gasteiger partial charge on any atom is -0.383 e. The van der Waals surface area contributed by atoms with Crippen LogP contribution in [0.1, 0.15) is 31.7 Å². The highest BCUT2D eigenvalue weighted by molar-refractivity contribution is 5.94. The molecule has 0 fully saturated rings. The van der Waals surface area contributed by atoms with Gasteiger partial charge in [-0.25, -0.2) is 9.59 Å². The van der Waals surface area contributed by atoms with Gasteiger partial charge in [0.1, 0.15) is 11.5 Å². The third-order valence-corrected chi connectivity index (χ3v) is 4.99. The molecule has 180 valence electrons. The van der Waals surface area contributed by atoms with E-state index in [0.29, 0.717) is 13.0 Å². The highest BCUT2D eigenvalue weighted by Gasteiger charge is 2.20. The smallest absolute Gasteiger partial charge is 0.330 e. The van der Waals surface area contributed by atoms with Gasteiger partial charge in [-0.15, -0.1) is 0 Å². The summed E-state index contributed by atoms with van der Waals surface area (Å²) in [6, 6.07) is 8.68. The van der Waals surface area contributed by atoms with Crippen LogP contribution in [0.3, 0.4) is 0 Å². The quantitative estimate of drug-likeness (QED) is 0.365. The molecule has 0 aliphatic carbocycles. The number of methoxy groups -OCH3 is 1. The van der Waals surface area contributed by atoms with Crippen molar-refractivity contribution in [3.8, 4) is 0 Å². The SMILES string of the molecule is CCCCn1c(N)c(N(CCOC)CCC(=O)NC(=O)NCc2ccccc2)c(=O)[nH]c1=O. The molecule has 0 saturated heterocycles. The average Bonchev–Trinajstić information content (AvgIpc) is 2.79. The third kappa shape index (κ3) is 7.79. The van der Waals surface area contributed by atoms with Crippen LogP contribution in [0.25, 0.3) is 0 Å². The van der Waals surface area contributed by atoms with E-state index in [0.717, 1.165) is 12.0 Å². The molecular formula is C22H32N6O5. The number of anilines is 2. The molecule has 0 aliphatic rings.